The van der Waals surface area contributed by atoms with Gasteiger partial charge in [-0.2, -0.15) is 0 Å². The lowest BCUT2D eigenvalue weighted by atomic mass is 10.3. The Morgan fingerprint density at radius 2 is 2.40 bits per heavy atom. The summed E-state index contributed by atoms with van der Waals surface area (Å²) >= 11 is 0. The molecule has 3 heteroatoms. The average Bonchev–Trinajstić information content (AvgIpc) is 1.95. The molecule has 0 saturated carbocycles. The number of halogens is 1. The lowest BCUT2D eigenvalue weighted by Crippen LogP contribution is -1.94. The van der Waals surface area contributed by atoms with Crippen LogP contribution in [0.25, 0.3) is 6.08 Å². The molecule has 2 nitrogen and oxygen atoms in total. The quantitative estimate of drug-likeness (QED) is 0.637. The largest absolute Gasteiger partial charge is 0.396 e. The first kappa shape index (κ1) is 6.74. The topological polar surface area (TPSA) is 38.9 Å². The molecule has 0 bridgehead atoms. The van der Waals surface area contributed by atoms with Crippen molar-refractivity contribution in [2.24, 2.45) is 0 Å². The van der Waals surface area contributed by atoms with Crippen molar-refractivity contribution in [1.82, 2.24) is 4.98 Å². The second-order valence-electron chi connectivity index (χ2n) is 1.80. The molecule has 0 spiro atoms. The average molecular weight is 138 g/mol. The first-order valence-electron chi connectivity index (χ1n) is 2.78. The van der Waals surface area contributed by atoms with Crippen LogP contribution in [0.1, 0.15) is 5.69 Å². The maximum Gasteiger partial charge on any atom is 0.171 e. The predicted molar refractivity (Wildman–Crippen MR) is 38.7 cm³/mol. The van der Waals surface area contributed by atoms with Crippen molar-refractivity contribution in [2.75, 3.05) is 5.73 Å². The van der Waals surface area contributed by atoms with Crippen LogP contribution in [0.15, 0.2) is 18.8 Å². The smallest absolute Gasteiger partial charge is 0.171 e. The zero-order valence-corrected chi connectivity index (χ0v) is 5.34. The Balaban J connectivity index is 3.27. The van der Waals surface area contributed by atoms with Gasteiger partial charge in [-0.05, 0) is 12.1 Å². The summed E-state index contributed by atoms with van der Waals surface area (Å²) in [5.41, 5.74) is 5.53. The Morgan fingerprint density at radius 3 is 2.90 bits per heavy atom. The first-order chi connectivity index (χ1) is 4.75. The van der Waals surface area contributed by atoms with E-state index in [4.69, 9.17) is 5.73 Å². The second kappa shape index (κ2) is 2.47. The molecule has 0 unspecified atom stereocenters. The molecule has 1 aromatic heterocycles. The molecule has 0 amide bonds. The maximum absolute atomic E-state index is 12.7. The van der Waals surface area contributed by atoms with Gasteiger partial charge >= 0.3 is 0 Å². The molecule has 1 heterocycles. The molecule has 10 heavy (non-hydrogen) atoms. The summed E-state index contributed by atoms with van der Waals surface area (Å²) in [4.78, 5) is 3.68. The molecule has 0 aliphatic heterocycles. The highest BCUT2D eigenvalue weighted by Crippen LogP contribution is 2.11. The van der Waals surface area contributed by atoms with E-state index in [0.29, 0.717) is 0 Å². The van der Waals surface area contributed by atoms with Gasteiger partial charge in [0.25, 0.3) is 0 Å². The summed E-state index contributed by atoms with van der Waals surface area (Å²) in [6.45, 7) is 3.37. The summed E-state index contributed by atoms with van der Waals surface area (Å²) < 4.78 is 12.7. The predicted octanol–water partition coefficient (Wildman–Crippen LogP) is 1.45. The van der Waals surface area contributed by atoms with E-state index in [9.17, 15) is 4.39 Å². The van der Waals surface area contributed by atoms with Crippen molar-refractivity contribution in [1.29, 1.82) is 0 Å². The Morgan fingerprint density at radius 1 is 1.70 bits per heavy atom. The molecule has 52 valence electrons. The highest BCUT2D eigenvalue weighted by atomic mass is 19.1. The molecular weight excluding hydrogens is 131 g/mol. The van der Waals surface area contributed by atoms with Gasteiger partial charge in [0.2, 0.25) is 0 Å². The van der Waals surface area contributed by atoms with Crippen molar-refractivity contribution >= 4 is 11.8 Å². The van der Waals surface area contributed by atoms with Gasteiger partial charge in [-0.25, -0.2) is 4.39 Å². The minimum atomic E-state index is -0.502. The molecule has 0 aliphatic rings. The lowest BCUT2D eigenvalue weighted by Gasteiger charge is -1.96. The van der Waals surface area contributed by atoms with E-state index in [1.807, 2.05) is 0 Å². The SMILES string of the molecule is C=Cc1nccc(N)c1F. The van der Waals surface area contributed by atoms with Gasteiger partial charge in [-0.3, -0.25) is 4.98 Å². The fourth-order valence-corrected chi connectivity index (χ4v) is 0.618. The van der Waals surface area contributed by atoms with Gasteiger partial charge in [0.05, 0.1) is 5.69 Å². The zero-order chi connectivity index (χ0) is 7.56. The van der Waals surface area contributed by atoms with Gasteiger partial charge in [-0.1, -0.05) is 6.58 Å². The van der Waals surface area contributed by atoms with E-state index < -0.39 is 5.82 Å². The van der Waals surface area contributed by atoms with E-state index in [-0.39, 0.29) is 11.4 Å². The third-order valence-corrected chi connectivity index (χ3v) is 1.14. The Kier molecular flexibility index (Phi) is 1.67. The monoisotopic (exact) mass is 138 g/mol. The molecule has 2 N–H and O–H groups in total. The summed E-state index contributed by atoms with van der Waals surface area (Å²) in [5.74, 6) is -0.502. The minimum absolute atomic E-state index is 0.102. The van der Waals surface area contributed by atoms with Crippen LogP contribution in [0.3, 0.4) is 0 Å². The van der Waals surface area contributed by atoms with E-state index in [1.54, 1.807) is 0 Å². The standard InChI is InChI=1S/C7H7FN2/c1-2-6-7(8)5(9)3-4-10-6/h2-4H,1H2,(H2,9,10). The Hall–Kier alpha value is -1.38. The lowest BCUT2D eigenvalue weighted by molar-refractivity contribution is 0.623. The van der Waals surface area contributed by atoms with Crippen LogP contribution in [0.2, 0.25) is 0 Å². The van der Waals surface area contributed by atoms with Crippen LogP contribution in [-0.2, 0) is 0 Å². The van der Waals surface area contributed by atoms with E-state index in [0.717, 1.165) is 0 Å². The third-order valence-electron chi connectivity index (χ3n) is 1.14. The molecule has 1 aromatic rings. The molecule has 0 aliphatic carbocycles. The number of anilines is 1. The number of hydrogen-bond donors (Lipinski definition) is 1. The van der Waals surface area contributed by atoms with Crippen molar-refractivity contribution < 1.29 is 4.39 Å². The fourth-order valence-electron chi connectivity index (χ4n) is 0.618. The molecule has 1 rings (SSSR count). The first-order valence-corrected chi connectivity index (χ1v) is 2.78. The number of aromatic nitrogens is 1. The second-order valence-corrected chi connectivity index (χ2v) is 1.80. The Labute approximate surface area is 58.2 Å². The van der Waals surface area contributed by atoms with Gasteiger partial charge in [0, 0.05) is 6.20 Å². The highest BCUT2D eigenvalue weighted by molar-refractivity contribution is 5.51. The summed E-state index contributed by atoms with van der Waals surface area (Å²) in [7, 11) is 0. The number of rotatable bonds is 1. The molecule has 0 saturated heterocycles. The Bertz CT molecular complexity index is 258. The maximum atomic E-state index is 12.7. The van der Waals surface area contributed by atoms with Gasteiger partial charge in [0.15, 0.2) is 5.82 Å². The van der Waals surface area contributed by atoms with E-state index >= 15 is 0 Å². The summed E-state index contributed by atoms with van der Waals surface area (Å²) in [5, 5.41) is 0. The van der Waals surface area contributed by atoms with Gasteiger partial charge in [-0.15, -0.1) is 0 Å². The van der Waals surface area contributed by atoms with Crippen LogP contribution in [-0.4, -0.2) is 4.98 Å². The fraction of sp³-hybridized carbons (Fsp3) is 0. The van der Waals surface area contributed by atoms with Crippen molar-refractivity contribution in [3.05, 3.63) is 30.4 Å². The van der Waals surface area contributed by atoms with Crippen molar-refractivity contribution in [3.63, 3.8) is 0 Å². The summed E-state index contributed by atoms with van der Waals surface area (Å²) in [6, 6.07) is 1.41. The van der Waals surface area contributed by atoms with Crippen molar-refractivity contribution in [3.8, 4) is 0 Å². The number of hydrogen-bond acceptors (Lipinski definition) is 2. The highest BCUT2D eigenvalue weighted by Gasteiger charge is 2.01. The normalized spacial score (nSPS) is 9.30. The number of nitrogens with two attached hydrogens (primary N) is 1. The van der Waals surface area contributed by atoms with Crippen LogP contribution in [0.4, 0.5) is 10.1 Å². The third kappa shape index (κ3) is 0.978. The molecule has 0 fully saturated rings. The molecule has 0 radical (unpaired) electrons. The van der Waals surface area contributed by atoms with Crippen LogP contribution in [0.5, 0.6) is 0 Å². The van der Waals surface area contributed by atoms with Gasteiger partial charge < -0.3 is 5.73 Å². The molecule has 0 aromatic carbocycles. The summed E-state index contributed by atoms with van der Waals surface area (Å²) in [6.07, 6.45) is 2.76. The van der Waals surface area contributed by atoms with Crippen LogP contribution in [0, 0.1) is 5.82 Å². The molecule has 0 atom stereocenters. The van der Waals surface area contributed by atoms with Gasteiger partial charge in [0.1, 0.15) is 5.69 Å². The van der Waals surface area contributed by atoms with Crippen LogP contribution < -0.4 is 5.73 Å². The zero-order valence-electron chi connectivity index (χ0n) is 5.34. The van der Waals surface area contributed by atoms with Crippen LogP contribution >= 0.6 is 0 Å². The number of nitrogen functional groups attached to an aromatic ring is 1. The van der Waals surface area contributed by atoms with E-state index in [2.05, 4.69) is 11.6 Å². The molecular formula is C7H7FN2. The van der Waals surface area contributed by atoms with Crippen molar-refractivity contribution in [2.45, 2.75) is 0 Å². The minimum Gasteiger partial charge on any atom is -0.396 e. The number of nitrogens with zero attached hydrogens (tertiary/aromatic N) is 1. The number of pyridine rings is 1. The van der Waals surface area contributed by atoms with E-state index in [1.165, 1.54) is 18.3 Å².